The van der Waals surface area contributed by atoms with Gasteiger partial charge in [0, 0.05) is 6.42 Å². The number of benzene rings is 2. The van der Waals surface area contributed by atoms with Crippen molar-refractivity contribution < 1.29 is 24.2 Å². The minimum absolute atomic E-state index is 0.197. The fourth-order valence-electron chi connectivity index (χ4n) is 2.74. The third-order valence-electron chi connectivity index (χ3n) is 4.08. The molecule has 1 aliphatic rings. The second-order valence-corrected chi connectivity index (χ2v) is 7.19. The van der Waals surface area contributed by atoms with Gasteiger partial charge in [-0.1, -0.05) is 18.2 Å². The lowest BCUT2D eigenvalue weighted by molar-refractivity contribution is -0.137. The number of amides is 2. The first-order chi connectivity index (χ1) is 13.0. The summed E-state index contributed by atoms with van der Waals surface area (Å²) in [7, 11) is 0. The summed E-state index contributed by atoms with van der Waals surface area (Å²) in [6, 6.07) is 11.6. The number of rotatable bonds is 8. The highest BCUT2D eigenvalue weighted by atomic mass is 32.2. The van der Waals surface area contributed by atoms with Crippen LogP contribution in [0.4, 0.5) is 4.79 Å². The number of unbranched alkanes of at least 4 members (excludes halogenated alkanes) is 2. The molecule has 2 aromatic rings. The van der Waals surface area contributed by atoms with Crippen LogP contribution in [-0.4, -0.2) is 28.8 Å². The molecule has 140 valence electrons. The number of carbonyl (C=O) groups excluding carboxylic acids is 2. The SMILES string of the molecule is O=C(O)CCCCCOc1ccc2cc(C=C3SC(=O)NC3=O)ccc2c1. The van der Waals surface area contributed by atoms with Crippen molar-refractivity contribution in [2.75, 3.05) is 6.61 Å². The molecule has 0 atom stereocenters. The van der Waals surface area contributed by atoms with Crippen molar-refractivity contribution in [2.24, 2.45) is 0 Å². The van der Waals surface area contributed by atoms with Crippen LogP contribution in [0.25, 0.3) is 16.8 Å². The Bertz CT molecular complexity index is 922. The van der Waals surface area contributed by atoms with Crippen molar-refractivity contribution in [1.29, 1.82) is 0 Å². The van der Waals surface area contributed by atoms with E-state index in [0.29, 0.717) is 17.9 Å². The minimum Gasteiger partial charge on any atom is -0.494 e. The van der Waals surface area contributed by atoms with Crippen molar-refractivity contribution >= 4 is 45.7 Å². The van der Waals surface area contributed by atoms with Gasteiger partial charge in [0.25, 0.3) is 11.1 Å². The minimum atomic E-state index is -0.765. The van der Waals surface area contributed by atoms with Gasteiger partial charge in [-0.2, -0.15) is 0 Å². The third-order valence-corrected chi connectivity index (χ3v) is 4.89. The van der Waals surface area contributed by atoms with Crippen LogP contribution in [0.15, 0.2) is 41.3 Å². The predicted molar refractivity (Wildman–Crippen MR) is 105 cm³/mol. The largest absolute Gasteiger partial charge is 0.494 e. The first kappa shape index (κ1) is 19.0. The molecule has 0 spiro atoms. The van der Waals surface area contributed by atoms with E-state index in [4.69, 9.17) is 9.84 Å². The monoisotopic (exact) mass is 385 g/mol. The number of hydrogen-bond donors (Lipinski definition) is 2. The lowest BCUT2D eigenvalue weighted by Crippen LogP contribution is -2.17. The summed E-state index contributed by atoms with van der Waals surface area (Å²) in [6.07, 6.45) is 4.20. The van der Waals surface area contributed by atoms with Gasteiger partial charge in [-0.15, -0.1) is 0 Å². The Labute approximate surface area is 160 Å². The summed E-state index contributed by atoms with van der Waals surface area (Å²) in [4.78, 5) is 33.7. The summed E-state index contributed by atoms with van der Waals surface area (Å²) in [5.41, 5.74) is 0.849. The Kier molecular flexibility index (Phi) is 6.13. The molecule has 27 heavy (non-hydrogen) atoms. The zero-order valence-electron chi connectivity index (χ0n) is 14.6. The summed E-state index contributed by atoms with van der Waals surface area (Å²) >= 11 is 0.901. The summed E-state index contributed by atoms with van der Waals surface area (Å²) in [5.74, 6) is -0.362. The molecule has 0 saturated carbocycles. The molecule has 7 heteroatoms. The molecule has 0 aromatic heterocycles. The molecule has 2 N–H and O–H groups in total. The van der Waals surface area contributed by atoms with Gasteiger partial charge in [0.15, 0.2) is 0 Å². The molecule has 1 heterocycles. The van der Waals surface area contributed by atoms with E-state index in [1.807, 2.05) is 36.4 Å². The Hall–Kier alpha value is -2.80. The van der Waals surface area contributed by atoms with Gasteiger partial charge in [-0.3, -0.25) is 19.7 Å². The van der Waals surface area contributed by atoms with Crippen molar-refractivity contribution in [2.45, 2.75) is 25.7 Å². The quantitative estimate of drug-likeness (QED) is 0.523. The van der Waals surface area contributed by atoms with Gasteiger partial charge in [0.2, 0.25) is 0 Å². The van der Waals surface area contributed by atoms with E-state index in [2.05, 4.69) is 5.32 Å². The van der Waals surface area contributed by atoms with Crippen molar-refractivity contribution in [3.8, 4) is 5.75 Å². The van der Waals surface area contributed by atoms with E-state index in [1.54, 1.807) is 6.08 Å². The molecule has 0 radical (unpaired) electrons. The van der Waals surface area contributed by atoms with Gasteiger partial charge < -0.3 is 9.84 Å². The molecule has 2 amide bonds. The van der Waals surface area contributed by atoms with E-state index >= 15 is 0 Å². The maximum atomic E-state index is 11.6. The number of ether oxygens (including phenoxy) is 1. The Morgan fingerprint density at radius 2 is 1.85 bits per heavy atom. The van der Waals surface area contributed by atoms with Crippen LogP contribution < -0.4 is 10.1 Å². The molecule has 1 saturated heterocycles. The van der Waals surface area contributed by atoms with Crippen LogP contribution in [0.5, 0.6) is 5.75 Å². The zero-order valence-corrected chi connectivity index (χ0v) is 15.4. The molecule has 0 aliphatic carbocycles. The lowest BCUT2D eigenvalue weighted by atomic mass is 10.1. The summed E-state index contributed by atoms with van der Waals surface area (Å²) in [6.45, 7) is 0.551. The second-order valence-electron chi connectivity index (χ2n) is 6.17. The van der Waals surface area contributed by atoms with Crippen LogP contribution in [-0.2, 0) is 9.59 Å². The van der Waals surface area contributed by atoms with Crippen molar-refractivity contribution in [1.82, 2.24) is 5.32 Å². The number of carbonyl (C=O) groups is 3. The standard InChI is InChI=1S/C20H19NO5S/c22-18(23)4-2-1-3-9-26-16-8-7-14-10-13(5-6-15(14)12-16)11-17-19(24)21-20(25)27-17/h5-8,10-12H,1-4,9H2,(H,22,23)(H,21,24,25). The number of carboxylic acid groups (broad SMARTS) is 1. The van der Waals surface area contributed by atoms with Gasteiger partial charge >= 0.3 is 5.97 Å². The average molecular weight is 385 g/mol. The molecular weight excluding hydrogens is 366 g/mol. The molecule has 3 rings (SSSR count). The highest BCUT2D eigenvalue weighted by Crippen LogP contribution is 2.28. The van der Waals surface area contributed by atoms with E-state index in [-0.39, 0.29) is 17.6 Å². The van der Waals surface area contributed by atoms with Crippen LogP contribution >= 0.6 is 11.8 Å². The van der Waals surface area contributed by atoms with Gasteiger partial charge in [0.05, 0.1) is 11.5 Å². The third kappa shape index (κ3) is 5.34. The van der Waals surface area contributed by atoms with Crippen LogP contribution in [0.3, 0.4) is 0 Å². The smallest absolute Gasteiger partial charge is 0.303 e. The molecule has 1 fully saturated rings. The fourth-order valence-corrected chi connectivity index (χ4v) is 3.42. The second kappa shape index (κ2) is 8.73. The number of nitrogens with one attached hydrogen (secondary N) is 1. The topological polar surface area (TPSA) is 92.7 Å². The molecule has 1 aliphatic heterocycles. The predicted octanol–water partition coefficient (Wildman–Crippen LogP) is 4.19. The molecule has 6 nitrogen and oxygen atoms in total. The van der Waals surface area contributed by atoms with E-state index < -0.39 is 5.97 Å². The van der Waals surface area contributed by atoms with Crippen LogP contribution in [0.1, 0.15) is 31.2 Å². The van der Waals surface area contributed by atoms with E-state index in [0.717, 1.165) is 46.7 Å². The fraction of sp³-hybridized carbons (Fsp3) is 0.250. The molecule has 0 bridgehead atoms. The van der Waals surface area contributed by atoms with Crippen LogP contribution in [0, 0.1) is 0 Å². The normalized spacial score (nSPS) is 15.3. The molecule has 2 aromatic carbocycles. The first-order valence-electron chi connectivity index (χ1n) is 8.64. The Morgan fingerprint density at radius 1 is 1.07 bits per heavy atom. The van der Waals surface area contributed by atoms with Gasteiger partial charge in [0.1, 0.15) is 5.75 Å². The molecule has 0 unspecified atom stereocenters. The first-order valence-corrected chi connectivity index (χ1v) is 9.46. The molecular formula is C20H19NO5S. The Balaban J connectivity index is 1.60. The average Bonchev–Trinajstić information content (AvgIpc) is 2.94. The number of thioether (sulfide) groups is 1. The Morgan fingerprint density at radius 3 is 2.59 bits per heavy atom. The van der Waals surface area contributed by atoms with Crippen LogP contribution in [0.2, 0.25) is 0 Å². The summed E-state index contributed by atoms with van der Waals surface area (Å²) in [5, 5.41) is 12.5. The summed E-state index contributed by atoms with van der Waals surface area (Å²) < 4.78 is 5.73. The zero-order chi connectivity index (χ0) is 19.2. The van der Waals surface area contributed by atoms with Gasteiger partial charge in [-0.25, -0.2) is 0 Å². The van der Waals surface area contributed by atoms with Crippen molar-refractivity contribution in [3.63, 3.8) is 0 Å². The number of hydrogen-bond acceptors (Lipinski definition) is 5. The lowest BCUT2D eigenvalue weighted by Gasteiger charge is -2.08. The number of aliphatic carboxylic acids is 1. The number of imide groups is 1. The van der Waals surface area contributed by atoms with Crippen molar-refractivity contribution in [3.05, 3.63) is 46.9 Å². The number of fused-ring (bicyclic) bond motifs is 1. The van der Waals surface area contributed by atoms with Gasteiger partial charge in [-0.05, 0) is 71.6 Å². The highest BCUT2D eigenvalue weighted by Gasteiger charge is 2.24. The number of carboxylic acids is 1. The maximum Gasteiger partial charge on any atom is 0.303 e. The maximum absolute atomic E-state index is 11.6. The van der Waals surface area contributed by atoms with E-state index in [9.17, 15) is 14.4 Å². The van der Waals surface area contributed by atoms with E-state index in [1.165, 1.54) is 0 Å². The highest BCUT2D eigenvalue weighted by molar-refractivity contribution is 8.18.